The summed E-state index contributed by atoms with van der Waals surface area (Å²) in [6.07, 6.45) is 0. The van der Waals surface area contributed by atoms with E-state index in [0.717, 1.165) is 0 Å². The summed E-state index contributed by atoms with van der Waals surface area (Å²) in [7, 11) is 0. The number of nitrogens with zero attached hydrogens (tertiary/aromatic N) is 2. The van der Waals surface area contributed by atoms with Crippen LogP contribution >= 0.6 is 34.5 Å². The maximum atomic E-state index is 11.9. The Hall–Kier alpha value is -2.15. The average molecular weight is 365 g/mol. The van der Waals surface area contributed by atoms with Gasteiger partial charge in [-0.2, -0.15) is 0 Å². The van der Waals surface area contributed by atoms with Gasteiger partial charge in [0.25, 0.3) is 5.91 Å². The molecule has 0 aliphatic heterocycles. The van der Waals surface area contributed by atoms with Crippen molar-refractivity contribution in [3.8, 4) is 0 Å². The first-order chi connectivity index (χ1) is 11.1. The molecule has 0 radical (unpaired) electrons. The molecule has 0 aliphatic carbocycles. The SMILES string of the molecule is O=C(Nc1ccc(Nc2c(Cl)cccc2Cl)nn1)c1cccs1. The highest BCUT2D eigenvalue weighted by Crippen LogP contribution is 2.31. The fraction of sp³-hybridized carbons (Fsp3) is 0. The molecule has 116 valence electrons. The maximum Gasteiger partial charge on any atom is 0.266 e. The van der Waals surface area contributed by atoms with Crippen LogP contribution in [0.1, 0.15) is 9.67 Å². The van der Waals surface area contributed by atoms with Gasteiger partial charge in [-0.3, -0.25) is 4.79 Å². The fourth-order valence-corrected chi connectivity index (χ4v) is 2.91. The predicted molar refractivity (Wildman–Crippen MR) is 94.0 cm³/mol. The van der Waals surface area contributed by atoms with Gasteiger partial charge in [0.15, 0.2) is 11.6 Å². The van der Waals surface area contributed by atoms with E-state index in [2.05, 4.69) is 20.8 Å². The van der Waals surface area contributed by atoms with Crippen molar-refractivity contribution in [1.29, 1.82) is 0 Å². The highest BCUT2D eigenvalue weighted by Gasteiger charge is 2.09. The third-order valence-corrected chi connectivity index (χ3v) is 4.37. The van der Waals surface area contributed by atoms with Crippen molar-refractivity contribution in [3.63, 3.8) is 0 Å². The van der Waals surface area contributed by atoms with Crippen LogP contribution < -0.4 is 10.6 Å². The summed E-state index contributed by atoms with van der Waals surface area (Å²) < 4.78 is 0. The molecule has 0 saturated carbocycles. The van der Waals surface area contributed by atoms with E-state index >= 15 is 0 Å². The Morgan fingerprint density at radius 2 is 1.65 bits per heavy atom. The van der Waals surface area contributed by atoms with Crippen LogP contribution in [-0.4, -0.2) is 16.1 Å². The topological polar surface area (TPSA) is 66.9 Å². The largest absolute Gasteiger partial charge is 0.336 e. The number of benzene rings is 1. The minimum atomic E-state index is -0.218. The van der Waals surface area contributed by atoms with Crippen LogP contribution in [0.4, 0.5) is 17.3 Å². The molecule has 5 nitrogen and oxygen atoms in total. The number of nitrogens with one attached hydrogen (secondary N) is 2. The molecular formula is C15H10Cl2N4OS. The van der Waals surface area contributed by atoms with E-state index in [1.165, 1.54) is 11.3 Å². The van der Waals surface area contributed by atoms with Crippen molar-refractivity contribution in [2.24, 2.45) is 0 Å². The number of hydrogen-bond acceptors (Lipinski definition) is 5. The molecule has 0 spiro atoms. The number of halogens is 2. The number of thiophene rings is 1. The number of rotatable bonds is 4. The number of carbonyl (C=O) groups excluding carboxylic acids is 1. The molecule has 0 saturated heterocycles. The van der Waals surface area contributed by atoms with Crippen LogP contribution in [-0.2, 0) is 0 Å². The minimum Gasteiger partial charge on any atom is -0.336 e. The average Bonchev–Trinajstić information content (AvgIpc) is 3.07. The quantitative estimate of drug-likeness (QED) is 0.694. The zero-order chi connectivity index (χ0) is 16.2. The van der Waals surface area contributed by atoms with Crippen LogP contribution in [0.3, 0.4) is 0 Å². The molecule has 1 aromatic carbocycles. The van der Waals surface area contributed by atoms with Gasteiger partial charge in [0.05, 0.1) is 20.6 Å². The standard InChI is InChI=1S/C15H10Cl2N4OS/c16-9-3-1-4-10(17)14(9)18-12-6-7-13(21-20-12)19-15(22)11-5-2-8-23-11/h1-8H,(H,18,20)(H,19,21,22). The summed E-state index contributed by atoms with van der Waals surface area (Å²) in [6.45, 7) is 0. The summed E-state index contributed by atoms with van der Waals surface area (Å²) in [5.41, 5.74) is 0.556. The molecule has 1 amide bonds. The van der Waals surface area contributed by atoms with Gasteiger partial charge in [-0.1, -0.05) is 35.3 Å². The summed E-state index contributed by atoms with van der Waals surface area (Å²) in [5.74, 6) is 0.609. The second-order valence-corrected chi connectivity index (χ2v) is 6.22. The molecule has 2 aromatic heterocycles. The minimum absolute atomic E-state index is 0.218. The Balaban J connectivity index is 1.71. The molecule has 0 atom stereocenters. The van der Waals surface area contributed by atoms with Crippen LogP contribution in [0, 0.1) is 0 Å². The van der Waals surface area contributed by atoms with E-state index < -0.39 is 0 Å². The number of para-hydroxylation sites is 1. The van der Waals surface area contributed by atoms with Gasteiger partial charge in [0, 0.05) is 0 Å². The van der Waals surface area contributed by atoms with E-state index in [1.54, 1.807) is 36.4 Å². The van der Waals surface area contributed by atoms with Crippen molar-refractivity contribution in [1.82, 2.24) is 10.2 Å². The first kappa shape index (κ1) is 15.7. The fourth-order valence-electron chi connectivity index (χ4n) is 1.80. The predicted octanol–water partition coefficient (Wildman–Crippen LogP) is 4.84. The van der Waals surface area contributed by atoms with Crippen LogP contribution in [0.2, 0.25) is 10.0 Å². The van der Waals surface area contributed by atoms with E-state index in [4.69, 9.17) is 23.2 Å². The van der Waals surface area contributed by atoms with Gasteiger partial charge in [-0.05, 0) is 35.7 Å². The van der Waals surface area contributed by atoms with E-state index in [0.29, 0.717) is 32.2 Å². The highest BCUT2D eigenvalue weighted by atomic mass is 35.5. The molecule has 2 N–H and O–H groups in total. The van der Waals surface area contributed by atoms with Crippen molar-refractivity contribution < 1.29 is 4.79 Å². The van der Waals surface area contributed by atoms with Crippen molar-refractivity contribution in [3.05, 3.63) is 62.8 Å². The van der Waals surface area contributed by atoms with Gasteiger partial charge >= 0.3 is 0 Å². The normalized spacial score (nSPS) is 10.3. The molecule has 8 heteroatoms. The van der Waals surface area contributed by atoms with Crippen molar-refractivity contribution >= 4 is 57.8 Å². The Bertz CT molecular complexity index is 802. The van der Waals surface area contributed by atoms with Crippen LogP contribution in [0.25, 0.3) is 0 Å². The maximum absolute atomic E-state index is 11.9. The first-order valence-electron chi connectivity index (χ1n) is 6.53. The summed E-state index contributed by atoms with van der Waals surface area (Å²) in [5, 5.41) is 16.4. The van der Waals surface area contributed by atoms with Gasteiger partial charge in [-0.25, -0.2) is 0 Å². The first-order valence-corrected chi connectivity index (χ1v) is 8.16. The lowest BCUT2D eigenvalue weighted by atomic mass is 10.3. The monoisotopic (exact) mass is 364 g/mol. The van der Waals surface area contributed by atoms with E-state index in [-0.39, 0.29) is 5.91 Å². The smallest absolute Gasteiger partial charge is 0.266 e. The zero-order valence-electron chi connectivity index (χ0n) is 11.6. The Morgan fingerprint density at radius 3 is 2.26 bits per heavy atom. The Morgan fingerprint density at radius 1 is 0.957 bits per heavy atom. The highest BCUT2D eigenvalue weighted by molar-refractivity contribution is 7.12. The Labute approximate surface area is 146 Å². The Kier molecular flexibility index (Phi) is 4.76. The number of aromatic nitrogens is 2. The molecule has 3 aromatic rings. The lowest BCUT2D eigenvalue weighted by Crippen LogP contribution is -2.12. The molecular weight excluding hydrogens is 355 g/mol. The van der Waals surface area contributed by atoms with Crippen LogP contribution in [0.5, 0.6) is 0 Å². The van der Waals surface area contributed by atoms with E-state index in [9.17, 15) is 4.79 Å². The lowest BCUT2D eigenvalue weighted by molar-refractivity contribution is 0.103. The molecule has 0 unspecified atom stereocenters. The van der Waals surface area contributed by atoms with Crippen LogP contribution in [0.15, 0.2) is 47.8 Å². The molecule has 23 heavy (non-hydrogen) atoms. The van der Waals surface area contributed by atoms with Crippen molar-refractivity contribution in [2.45, 2.75) is 0 Å². The summed E-state index contributed by atoms with van der Waals surface area (Å²) in [4.78, 5) is 12.5. The van der Waals surface area contributed by atoms with Gasteiger partial charge in [0.1, 0.15) is 0 Å². The number of anilines is 3. The molecule has 0 fully saturated rings. The van der Waals surface area contributed by atoms with Gasteiger partial charge in [0.2, 0.25) is 0 Å². The summed E-state index contributed by atoms with van der Waals surface area (Å²) >= 11 is 13.5. The summed E-state index contributed by atoms with van der Waals surface area (Å²) in [6, 6.07) is 12.1. The lowest BCUT2D eigenvalue weighted by Gasteiger charge is -2.09. The molecule has 3 rings (SSSR count). The van der Waals surface area contributed by atoms with Gasteiger partial charge < -0.3 is 10.6 Å². The number of carbonyl (C=O) groups is 1. The second-order valence-electron chi connectivity index (χ2n) is 4.46. The second kappa shape index (κ2) is 6.95. The third kappa shape index (κ3) is 3.79. The zero-order valence-corrected chi connectivity index (χ0v) is 13.9. The molecule has 0 aliphatic rings. The third-order valence-electron chi connectivity index (χ3n) is 2.87. The number of amides is 1. The number of hydrogen-bond donors (Lipinski definition) is 2. The molecule has 0 bridgehead atoms. The van der Waals surface area contributed by atoms with E-state index in [1.807, 2.05) is 11.4 Å². The van der Waals surface area contributed by atoms with Gasteiger partial charge in [-0.15, -0.1) is 21.5 Å². The van der Waals surface area contributed by atoms with Crippen molar-refractivity contribution in [2.75, 3.05) is 10.6 Å². The molecule has 2 heterocycles.